The predicted octanol–water partition coefficient (Wildman–Crippen LogP) is 3.54. The first kappa shape index (κ1) is 21.6. The number of nitrogens with zero attached hydrogens (tertiary/aromatic N) is 5. The third-order valence-corrected chi connectivity index (χ3v) is 6.21. The van der Waals surface area contributed by atoms with E-state index in [9.17, 15) is 9.59 Å². The van der Waals surface area contributed by atoms with E-state index in [0.29, 0.717) is 16.9 Å². The Morgan fingerprint density at radius 2 is 1.74 bits per heavy atom. The Morgan fingerprint density at radius 3 is 2.53 bits per heavy atom. The lowest BCUT2D eigenvalue weighted by atomic mass is 9.95. The first-order valence-corrected chi connectivity index (χ1v) is 11.3. The number of fused-ring (bicyclic) bond motifs is 1. The molecule has 3 heterocycles. The van der Waals surface area contributed by atoms with Gasteiger partial charge in [-0.2, -0.15) is 4.52 Å². The van der Waals surface area contributed by atoms with Crippen molar-refractivity contribution in [2.45, 2.75) is 19.8 Å². The summed E-state index contributed by atoms with van der Waals surface area (Å²) in [5, 5.41) is 18.3. The molecule has 172 valence electrons. The first-order chi connectivity index (χ1) is 16.6. The second-order valence-electron chi connectivity index (χ2n) is 8.37. The SMILES string of the molecule is Cc1c(NC(=O)C2CCN(c3ccc4nncn4n3)CC2)cccc1C(=O)Nc1ccccc1. The van der Waals surface area contributed by atoms with E-state index < -0.39 is 0 Å². The highest BCUT2D eigenvalue weighted by Gasteiger charge is 2.26. The summed E-state index contributed by atoms with van der Waals surface area (Å²) in [5.74, 6) is 0.520. The van der Waals surface area contributed by atoms with E-state index in [4.69, 9.17) is 0 Å². The maximum atomic E-state index is 13.0. The highest BCUT2D eigenvalue weighted by atomic mass is 16.2. The summed E-state index contributed by atoms with van der Waals surface area (Å²) in [7, 11) is 0. The van der Waals surface area contributed by atoms with Crippen molar-refractivity contribution >= 4 is 34.7 Å². The molecule has 4 aromatic rings. The lowest BCUT2D eigenvalue weighted by molar-refractivity contribution is -0.120. The van der Waals surface area contributed by atoms with Crippen molar-refractivity contribution in [2.75, 3.05) is 28.6 Å². The van der Waals surface area contributed by atoms with Crippen LogP contribution in [0.5, 0.6) is 0 Å². The zero-order chi connectivity index (χ0) is 23.5. The fraction of sp³-hybridized carbons (Fsp3) is 0.240. The Morgan fingerprint density at radius 1 is 0.941 bits per heavy atom. The van der Waals surface area contributed by atoms with Crippen LogP contribution in [0.2, 0.25) is 0 Å². The molecule has 9 nitrogen and oxygen atoms in total. The van der Waals surface area contributed by atoms with Gasteiger partial charge in [-0.1, -0.05) is 24.3 Å². The minimum atomic E-state index is -0.203. The summed E-state index contributed by atoms with van der Waals surface area (Å²) in [6.45, 7) is 3.32. The van der Waals surface area contributed by atoms with Crippen molar-refractivity contribution < 1.29 is 9.59 Å². The van der Waals surface area contributed by atoms with E-state index in [1.165, 1.54) is 0 Å². The Labute approximate surface area is 196 Å². The number of hydrogen-bond donors (Lipinski definition) is 2. The Balaban J connectivity index is 1.21. The van der Waals surface area contributed by atoms with Crippen molar-refractivity contribution in [3.8, 4) is 0 Å². The lowest BCUT2D eigenvalue weighted by Gasteiger charge is -2.32. The van der Waals surface area contributed by atoms with Crippen molar-refractivity contribution in [1.29, 1.82) is 0 Å². The highest BCUT2D eigenvalue weighted by molar-refractivity contribution is 6.07. The van der Waals surface area contributed by atoms with Gasteiger partial charge in [-0.3, -0.25) is 9.59 Å². The van der Waals surface area contributed by atoms with Crippen LogP contribution in [0.15, 0.2) is 67.0 Å². The standard InChI is InChI=1S/C25H25N7O2/c1-17-20(25(34)27-19-6-3-2-4-7-19)8-5-9-21(17)28-24(33)18-12-14-31(15-13-18)23-11-10-22-29-26-16-32(22)30-23/h2-11,16,18H,12-15H2,1H3,(H,27,34)(H,28,33). The summed E-state index contributed by atoms with van der Waals surface area (Å²) in [6, 6.07) is 18.5. The van der Waals surface area contributed by atoms with Crippen molar-refractivity contribution in [3.05, 3.63) is 78.1 Å². The second kappa shape index (κ2) is 9.30. The van der Waals surface area contributed by atoms with Crippen LogP contribution in [0.1, 0.15) is 28.8 Å². The molecule has 0 spiro atoms. The van der Waals surface area contributed by atoms with E-state index >= 15 is 0 Å². The van der Waals surface area contributed by atoms with Gasteiger partial charge in [-0.25, -0.2) is 0 Å². The van der Waals surface area contributed by atoms with E-state index in [-0.39, 0.29) is 17.7 Å². The van der Waals surface area contributed by atoms with E-state index in [1.807, 2.05) is 55.5 Å². The zero-order valence-corrected chi connectivity index (χ0v) is 18.8. The maximum Gasteiger partial charge on any atom is 0.256 e. The molecule has 2 amide bonds. The van der Waals surface area contributed by atoms with Crippen LogP contribution < -0.4 is 15.5 Å². The van der Waals surface area contributed by atoms with Crippen molar-refractivity contribution in [1.82, 2.24) is 19.8 Å². The average molecular weight is 456 g/mol. The largest absolute Gasteiger partial charge is 0.355 e. The van der Waals surface area contributed by atoms with Gasteiger partial charge in [0.15, 0.2) is 5.65 Å². The average Bonchev–Trinajstić information content (AvgIpc) is 3.34. The van der Waals surface area contributed by atoms with E-state index in [0.717, 1.165) is 43.0 Å². The number of carbonyl (C=O) groups is 2. The fourth-order valence-corrected chi connectivity index (χ4v) is 4.23. The van der Waals surface area contributed by atoms with Gasteiger partial charge in [0.2, 0.25) is 5.91 Å². The Bertz CT molecular complexity index is 1330. The molecular formula is C25H25N7O2. The molecule has 0 aliphatic carbocycles. The number of anilines is 3. The number of nitrogens with one attached hydrogen (secondary N) is 2. The summed E-state index contributed by atoms with van der Waals surface area (Å²) in [6.07, 6.45) is 3.03. The van der Waals surface area contributed by atoms with Crippen LogP contribution in [0.3, 0.4) is 0 Å². The summed E-state index contributed by atoms with van der Waals surface area (Å²) in [4.78, 5) is 27.9. The van der Waals surface area contributed by atoms with Gasteiger partial charge in [0, 0.05) is 35.9 Å². The second-order valence-corrected chi connectivity index (χ2v) is 8.37. The summed E-state index contributed by atoms with van der Waals surface area (Å²) < 4.78 is 1.65. The number of amides is 2. The number of hydrogen-bond acceptors (Lipinski definition) is 6. The van der Waals surface area contributed by atoms with Gasteiger partial charge in [0.05, 0.1) is 0 Å². The zero-order valence-electron chi connectivity index (χ0n) is 18.8. The van der Waals surface area contributed by atoms with Gasteiger partial charge in [0.25, 0.3) is 5.91 Å². The molecule has 0 atom stereocenters. The molecule has 0 unspecified atom stereocenters. The van der Waals surface area contributed by atoms with E-state index in [2.05, 4.69) is 30.8 Å². The molecule has 2 aromatic heterocycles. The van der Waals surface area contributed by atoms with Crippen LogP contribution in [0.4, 0.5) is 17.2 Å². The highest BCUT2D eigenvalue weighted by Crippen LogP contribution is 2.25. The van der Waals surface area contributed by atoms with Crippen LogP contribution in [-0.2, 0) is 4.79 Å². The Kier molecular flexibility index (Phi) is 5.90. The van der Waals surface area contributed by atoms with E-state index in [1.54, 1.807) is 23.0 Å². The molecule has 5 rings (SSSR count). The molecule has 1 aliphatic rings. The molecular weight excluding hydrogens is 430 g/mol. The minimum Gasteiger partial charge on any atom is -0.355 e. The quantitative estimate of drug-likeness (QED) is 0.477. The van der Waals surface area contributed by atoms with Gasteiger partial charge in [-0.05, 0) is 61.7 Å². The van der Waals surface area contributed by atoms with Crippen LogP contribution in [-0.4, -0.2) is 44.7 Å². The molecule has 1 aliphatic heterocycles. The third-order valence-electron chi connectivity index (χ3n) is 6.21. The molecule has 0 bridgehead atoms. The first-order valence-electron chi connectivity index (χ1n) is 11.3. The van der Waals surface area contributed by atoms with Crippen LogP contribution in [0.25, 0.3) is 5.65 Å². The molecule has 1 saturated heterocycles. The fourth-order valence-electron chi connectivity index (χ4n) is 4.23. The van der Waals surface area contributed by atoms with Crippen molar-refractivity contribution in [2.24, 2.45) is 5.92 Å². The molecule has 0 radical (unpaired) electrons. The molecule has 2 N–H and O–H groups in total. The van der Waals surface area contributed by atoms with Gasteiger partial charge >= 0.3 is 0 Å². The van der Waals surface area contributed by atoms with Crippen molar-refractivity contribution in [3.63, 3.8) is 0 Å². The molecule has 1 fully saturated rings. The van der Waals surface area contributed by atoms with Crippen LogP contribution >= 0.6 is 0 Å². The molecule has 0 saturated carbocycles. The minimum absolute atomic E-state index is 0.0226. The summed E-state index contributed by atoms with van der Waals surface area (Å²) in [5.41, 5.74) is 3.37. The maximum absolute atomic E-state index is 13.0. The topological polar surface area (TPSA) is 105 Å². The van der Waals surface area contributed by atoms with Gasteiger partial charge < -0.3 is 15.5 Å². The summed E-state index contributed by atoms with van der Waals surface area (Å²) >= 11 is 0. The molecule has 2 aromatic carbocycles. The Hall–Kier alpha value is -4.27. The number of piperidine rings is 1. The number of aromatic nitrogens is 4. The molecule has 9 heteroatoms. The molecule has 34 heavy (non-hydrogen) atoms. The monoisotopic (exact) mass is 455 g/mol. The smallest absolute Gasteiger partial charge is 0.256 e. The third kappa shape index (κ3) is 4.45. The van der Waals surface area contributed by atoms with Crippen LogP contribution in [0, 0.1) is 12.8 Å². The lowest BCUT2D eigenvalue weighted by Crippen LogP contribution is -2.38. The van der Waals surface area contributed by atoms with Gasteiger partial charge in [0.1, 0.15) is 12.1 Å². The predicted molar refractivity (Wildman–Crippen MR) is 130 cm³/mol. The normalized spacial score (nSPS) is 14.2. The number of carbonyl (C=O) groups excluding carboxylic acids is 2. The number of benzene rings is 2. The number of para-hydroxylation sites is 1. The number of rotatable bonds is 5. The van der Waals surface area contributed by atoms with Gasteiger partial charge in [-0.15, -0.1) is 15.3 Å².